The number of rotatable bonds is 4. The third-order valence-electron chi connectivity index (χ3n) is 3.79. The molecule has 3 heterocycles. The molecule has 0 bridgehead atoms. The molecule has 5 nitrogen and oxygen atoms in total. The Morgan fingerprint density at radius 2 is 2.09 bits per heavy atom. The summed E-state index contributed by atoms with van der Waals surface area (Å²) in [5, 5.41) is 4.17. The maximum atomic E-state index is 6.18. The van der Waals surface area contributed by atoms with Crippen LogP contribution in [0.5, 0.6) is 0 Å². The fourth-order valence-corrected chi connectivity index (χ4v) is 3.17. The molecule has 0 radical (unpaired) electrons. The van der Waals surface area contributed by atoms with Crippen molar-refractivity contribution in [3.05, 3.63) is 45.0 Å². The van der Waals surface area contributed by atoms with E-state index < -0.39 is 0 Å². The molecule has 1 N–H and O–H groups in total. The number of likely N-dealkylation sites (tertiary alicyclic amines) is 1. The molecule has 2 aromatic heterocycles. The molecule has 0 saturated carbocycles. The summed E-state index contributed by atoms with van der Waals surface area (Å²) < 4.78 is 0.958. The van der Waals surface area contributed by atoms with Gasteiger partial charge in [-0.3, -0.25) is 9.88 Å². The van der Waals surface area contributed by atoms with Gasteiger partial charge in [0.15, 0.2) is 0 Å². The van der Waals surface area contributed by atoms with E-state index in [0.717, 1.165) is 52.7 Å². The van der Waals surface area contributed by atoms with Crippen LogP contribution >= 0.6 is 34.2 Å². The molecule has 1 saturated heterocycles. The first-order valence-corrected chi connectivity index (χ1v) is 8.72. The molecule has 0 aromatic carbocycles. The quantitative estimate of drug-likeness (QED) is 0.597. The van der Waals surface area contributed by atoms with Gasteiger partial charge in [0, 0.05) is 44.3 Å². The zero-order valence-corrected chi connectivity index (χ0v) is 15.0. The largest absolute Gasteiger partial charge is 0.351 e. The first-order chi connectivity index (χ1) is 10.7. The van der Waals surface area contributed by atoms with Gasteiger partial charge in [-0.1, -0.05) is 11.6 Å². The Morgan fingerprint density at radius 3 is 2.82 bits per heavy atom. The number of halogens is 2. The summed E-state index contributed by atoms with van der Waals surface area (Å²) in [6.07, 6.45) is 7.45. The van der Waals surface area contributed by atoms with Gasteiger partial charge in [0.1, 0.15) is 3.70 Å². The van der Waals surface area contributed by atoms with Crippen molar-refractivity contribution in [1.82, 2.24) is 19.9 Å². The van der Waals surface area contributed by atoms with Crippen LogP contribution < -0.4 is 5.32 Å². The monoisotopic (exact) mass is 429 g/mol. The van der Waals surface area contributed by atoms with Crippen molar-refractivity contribution >= 4 is 40.1 Å². The Balaban J connectivity index is 1.51. The zero-order valence-electron chi connectivity index (χ0n) is 12.0. The van der Waals surface area contributed by atoms with Gasteiger partial charge in [-0.2, -0.15) is 0 Å². The Hall–Kier alpha value is -0.990. The van der Waals surface area contributed by atoms with Gasteiger partial charge in [-0.05, 0) is 53.1 Å². The lowest BCUT2D eigenvalue weighted by Gasteiger charge is -2.32. The van der Waals surface area contributed by atoms with Crippen LogP contribution in [0.1, 0.15) is 18.4 Å². The first kappa shape index (κ1) is 15.9. The number of hydrogen-bond acceptors (Lipinski definition) is 5. The second kappa shape index (κ2) is 7.52. The van der Waals surface area contributed by atoms with Crippen molar-refractivity contribution < 1.29 is 0 Å². The molecule has 3 rings (SSSR count). The minimum atomic E-state index is 0.433. The second-order valence-electron chi connectivity index (χ2n) is 5.36. The number of nitrogens with one attached hydrogen (secondary N) is 1. The summed E-state index contributed by atoms with van der Waals surface area (Å²) in [5.74, 6) is 0.725. The normalized spacial score (nSPS) is 16.6. The highest BCUT2D eigenvalue weighted by Crippen LogP contribution is 2.20. The predicted octanol–water partition coefficient (Wildman–Crippen LogP) is 3.21. The summed E-state index contributed by atoms with van der Waals surface area (Å²) in [4.78, 5) is 15.1. The number of pyridine rings is 1. The predicted molar refractivity (Wildman–Crippen MR) is 95.9 cm³/mol. The van der Waals surface area contributed by atoms with Gasteiger partial charge in [0.25, 0.3) is 0 Å². The lowest BCUT2D eigenvalue weighted by atomic mass is 10.0. The summed E-state index contributed by atoms with van der Waals surface area (Å²) in [6, 6.07) is 4.32. The van der Waals surface area contributed by atoms with Gasteiger partial charge >= 0.3 is 0 Å². The van der Waals surface area contributed by atoms with Gasteiger partial charge in [0.05, 0.1) is 5.02 Å². The Morgan fingerprint density at radius 1 is 1.27 bits per heavy atom. The molecule has 1 fully saturated rings. The Labute approximate surface area is 148 Å². The van der Waals surface area contributed by atoms with E-state index in [1.54, 1.807) is 18.6 Å². The fourth-order valence-electron chi connectivity index (χ4n) is 2.60. The van der Waals surface area contributed by atoms with Gasteiger partial charge in [0.2, 0.25) is 5.95 Å². The summed E-state index contributed by atoms with van der Waals surface area (Å²) in [7, 11) is 0. The van der Waals surface area contributed by atoms with E-state index in [1.807, 2.05) is 12.1 Å². The van der Waals surface area contributed by atoms with Crippen molar-refractivity contribution in [3.8, 4) is 0 Å². The molecular formula is C15H17ClIN5. The van der Waals surface area contributed by atoms with Gasteiger partial charge in [-0.25, -0.2) is 9.97 Å². The molecule has 0 aliphatic carbocycles. The molecule has 0 unspecified atom stereocenters. The highest BCUT2D eigenvalue weighted by Gasteiger charge is 2.20. The van der Waals surface area contributed by atoms with E-state index >= 15 is 0 Å². The van der Waals surface area contributed by atoms with E-state index in [0.29, 0.717) is 6.04 Å². The molecule has 0 spiro atoms. The minimum absolute atomic E-state index is 0.433. The topological polar surface area (TPSA) is 53.9 Å². The van der Waals surface area contributed by atoms with Crippen LogP contribution in [0.3, 0.4) is 0 Å². The van der Waals surface area contributed by atoms with Crippen molar-refractivity contribution in [2.24, 2.45) is 0 Å². The molecule has 2 aromatic rings. The van der Waals surface area contributed by atoms with E-state index in [9.17, 15) is 0 Å². The molecule has 1 aliphatic rings. The maximum absolute atomic E-state index is 6.18. The number of nitrogens with zero attached hydrogens (tertiary/aromatic N) is 4. The molecule has 22 heavy (non-hydrogen) atoms. The summed E-state index contributed by atoms with van der Waals surface area (Å²) >= 11 is 8.38. The number of aromatic nitrogens is 3. The van der Waals surface area contributed by atoms with Gasteiger partial charge in [-0.15, -0.1) is 0 Å². The van der Waals surface area contributed by atoms with Crippen molar-refractivity contribution in [3.63, 3.8) is 0 Å². The Bertz CT molecular complexity index is 631. The van der Waals surface area contributed by atoms with Crippen molar-refractivity contribution in [1.29, 1.82) is 0 Å². The fraction of sp³-hybridized carbons (Fsp3) is 0.400. The summed E-state index contributed by atoms with van der Waals surface area (Å²) in [5.41, 5.74) is 1.14. The Kier molecular flexibility index (Phi) is 5.43. The van der Waals surface area contributed by atoms with Crippen molar-refractivity contribution in [2.75, 3.05) is 18.4 Å². The lowest BCUT2D eigenvalue weighted by molar-refractivity contribution is 0.211. The molecular weight excluding hydrogens is 413 g/mol. The maximum Gasteiger partial charge on any atom is 0.223 e. The molecule has 0 amide bonds. The van der Waals surface area contributed by atoms with Crippen LogP contribution in [0.2, 0.25) is 5.02 Å². The highest BCUT2D eigenvalue weighted by molar-refractivity contribution is 14.1. The number of hydrogen-bond donors (Lipinski definition) is 1. The van der Waals surface area contributed by atoms with Crippen LogP contribution in [0.4, 0.5) is 5.95 Å². The van der Waals surface area contributed by atoms with Crippen LogP contribution in [-0.4, -0.2) is 39.0 Å². The average Bonchev–Trinajstić information content (AvgIpc) is 2.52. The number of piperidine rings is 1. The highest BCUT2D eigenvalue weighted by atomic mass is 127. The average molecular weight is 430 g/mol. The third kappa shape index (κ3) is 4.27. The SMILES string of the molecule is Clc1cnccc1CN1CCC(Nc2nccc(I)n2)CC1. The van der Waals surface area contributed by atoms with Crippen LogP contribution in [0, 0.1) is 3.70 Å². The van der Waals surface area contributed by atoms with Crippen molar-refractivity contribution in [2.45, 2.75) is 25.4 Å². The third-order valence-corrected chi connectivity index (χ3v) is 4.73. The lowest BCUT2D eigenvalue weighted by Crippen LogP contribution is -2.39. The number of anilines is 1. The van der Waals surface area contributed by atoms with E-state index in [4.69, 9.17) is 11.6 Å². The molecule has 7 heteroatoms. The molecule has 116 valence electrons. The molecule has 0 atom stereocenters. The smallest absolute Gasteiger partial charge is 0.223 e. The zero-order chi connectivity index (χ0) is 15.4. The van der Waals surface area contributed by atoms with Crippen LogP contribution in [0.15, 0.2) is 30.7 Å². The van der Waals surface area contributed by atoms with Crippen LogP contribution in [0.25, 0.3) is 0 Å². The van der Waals surface area contributed by atoms with E-state index in [-0.39, 0.29) is 0 Å². The van der Waals surface area contributed by atoms with E-state index in [1.165, 1.54) is 0 Å². The first-order valence-electron chi connectivity index (χ1n) is 7.26. The second-order valence-corrected chi connectivity index (χ2v) is 6.88. The summed E-state index contributed by atoms with van der Waals surface area (Å²) in [6.45, 7) is 2.97. The van der Waals surface area contributed by atoms with Crippen LogP contribution in [-0.2, 0) is 6.54 Å². The minimum Gasteiger partial charge on any atom is -0.351 e. The van der Waals surface area contributed by atoms with Gasteiger partial charge < -0.3 is 5.32 Å². The van der Waals surface area contributed by atoms with E-state index in [2.05, 4.69) is 47.8 Å². The molecule has 1 aliphatic heterocycles. The standard InChI is InChI=1S/C15H17ClIN5/c16-13-9-18-5-1-11(13)10-22-7-3-12(4-8-22)20-15-19-6-2-14(17)21-15/h1-2,5-6,9,12H,3-4,7-8,10H2,(H,19,20,21).